The minimum Gasteiger partial charge on any atom is -0.491 e. The predicted octanol–water partition coefficient (Wildman–Crippen LogP) is 2.12. The van der Waals surface area contributed by atoms with Gasteiger partial charge in [-0.25, -0.2) is 0 Å². The van der Waals surface area contributed by atoms with E-state index in [1.807, 2.05) is 31.2 Å². The van der Waals surface area contributed by atoms with E-state index in [4.69, 9.17) is 14.2 Å². The van der Waals surface area contributed by atoms with Crippen LogP contribution in [0, 0.1) is 6.92 Å². The molecule has 0 bridgehead atoms. The summed E-state index contributed by atoms with van der Waals surface area (Å²) in [5, 5.41) is 6.54. The van der Waals surface area contributed by atoms with E-state index < -0.39 is 0 Å². The second-order valence-electron chi connectivity index (χ2n) is 6.01. The molecule has 1 fully saturated rings. The highest BCUT2D eigenvalue weighted by molar-refractivity contribution is 5.79. The number of aryl methyl sites for hydroxylation is 1. The van der Waals surface area contributed by atoms with Crippen LogP contribution in [-0.2, 0) is 9.47 Å². The molecule has 1 atom stereocenters. The van der Waals surface area contributed by atoms with Crippen LogP contribution in [0.25, 0.3) is 0 Å². The molecule has 1 aromatic carbocycles. The number of aliphatic imine (C=N–C) groups is 1. The zero-order chi connectivity index (χ0) is 17.7. The normalized spacial score (nSPS) is 17.5. The minimum absolute atomic E-state index is 0.272. The summed E-state index contributed by atoms with van der Waals surface area (Å²) in [4.78, 5) is 4.57. The first kappa shape index (κ1) is 19.5. The van der Waals surface area contributed by atoms with Gasteiger partial charge in [-0.05, 0) is 38.3 Å². The number of rotatable bonds is 10. The first-order valence-electron chi connectivity index (χ1n) is 9.19. The van der Waals surface area contributed by atoms with E-state index in [9.17, 15) is 0 Å². The maximum Gasteiger partial charge on any atom is 0.191 e. The van der Waals surface area contributed by atoms with Crippen molar-refractivity contribution >= 4 is 5.96 Å². The number of nitrogens with zero attached hydrogens (tertiary/aromatic N) is 1. The molecule has 2 N–H and O–H groups in total. The molecule has 1 unspecified atom stereocenters. The molecule has 1 aromatic rings. The molecule has 0 aromatic heterocycles. The monoisotopic (exact) mass is 349 g/mol. The van der Waals surface area contributed by atoms with Crippen LogP contribution in [0.2, 0.25) is 0 Å². The van der Waals surface area contributed by atoms with Crippen LogP contribution in [0.4, 0.5) is 0 Å². The van der Waals surface area contributed by atoms with E-state index in [-0.39, 0.29) is 6.10 Å². The van der Waals surface area contributed by atoms with Crippen molar-refractivity contribution in [1.82, 2.24) is 10.6 Å². The number of nitrogens with one attached hydrogen (secondary N) is 2. The summed E-state index contributed by atoms with van der Waals surface area (Å²) in [6, 6.07) is 8.04. The lowest BCUT2D eigenvalue weighted by Gasteiger charge is -2.13. The van der Waals surface area contributed by atoms with Crippen molar-refractivity contribution in [2.75, 3.05) is 46.1 Å². The van der Waals surface area contributed by atoms with Crippen molar-refractivity contribution in [3.8, 4) is 5.75 Å². The number of ether oxygens (including phenoxy) is 3. The Kier molecular flexibility index (Phi) is 9.15. The van der Waals surface area contributed by atoms with Gasteiger partial charge in [0, 0.05) is 26.3 Å². The molecule has 25 heavy (non-hydrogen) atoms. The Balaban J connectivity index is 1.60. The van der Waals surface area contributed by atoms with Crippen LogP contribution in [-0.4, -0.2) is 58.1 Å². The maximum atomic E-state index is 5.79. The predicted molar refractivity (Wildman–Crippen MR) is 100 cm³/mol. The van der Waals surface area contributed by atoms with Gasteiger partial charge in [0.15, 0.2) is 5.96 Å². The van der Waals surface area contributed by atoms with Crippen LogP contribution in [0.3, 0.4) is 0 Å². The SMILES string of the molecule is CCNC(=NCCCOC1CCOC1)NCCOc1ccccc1C. The Labute approximate surface area is 151 Å². The summed E-state index contributed by atoms with van der Waals surface area (Å²) in [5.74, 6) is 1.75. The molecule has 2 rings (SSSR count). The highest BCUT2D eigenvalue weighted by Gasteiger charge is 2.15. The van der Waals surface area contributed by atoms with Crippen molar-refractivity contribution in [2.24, 2.45) is 4.99 Å². The molecule has 1 heterocycles. The summed E-state index contributed by atoms with van der Waals surface area (Å²) in [7, 11) is 0. The lowest BCUT2D eigenvalue weighted by Crippen LogP contribution is -2.39. The van der Waals surface area contributed by atoms with Gasteiger partial charge < -0.3 is 24.8 Å². The number of hydrogen-bond donors (Lipinski definition) is 2. The maximum absolute atomic E-state index is 5.79. The molecule has 6 nitrogen and oxygen atoms in total. The number of benzene rings is 1. The summed E-state index contributed by atoms with van der Waals surface area (Å²) >= 11 is 0. The van der Waals surface area contributed by atoms with E-state index in [1.54, 1.807) is 0 Å². The van der Waals surface area contributed by atoms with Crippen LogP contribution in [0.5, 0.6) is 5.75 Å². The molecule has 0 radical (unpaired) electrons. The zero-order valence-corrected chi connectivity index (χ0v) is 15.4. The molecule has 140 valence electrons. The Morgan fingerprint density at radius 1 is 1.28 bits per heavy atom. The largest absolute Gasteiger partial charge is 0.491 e. The van der Waals surface area contributed by atoms with Crippen LogP contribution in [0.15, 0.2) is 29.3 Å². The zero-order valence-electron chi connectivity index (χ0n) is 15.4. The van der Waals surface area contributed by atoms with Crippen LogP contribution >= 0.6 is 0 Å². The summed E-state index contributed by atoms with van der Waals surface area (Å²) in [5.41, 5.74) is 1.15. The Bertz CT molecular complexity index is 516. The fourth-order valence-electron chi connectivity index (χ4n) is 2.54. The van der Waals surface area contributed by atoms with Crippen molar-refractivity contribution in [3.63, 3.8) is 0 Å². The van der Waals surface area contributed by atoms with Crippen LogP contribution in [0.1, 0.15) is 25.3 Å². The Morgan fingerprint density at radius 2 is 2.16 bits per heavy atom. The highest BCUT2D eigenvalue weighted by atomic mass is 16.5. The molecule has 1 aliphatic heterocycles. The van der Waals surface area contributed by atoms with E-state index in [1.165, 1.54) is 0 Å². The molecule has 0 aliphatic carbocycles. The summed E-state index contributed by atoms with van der Waals surface area (Å²) < 4.78 is 16.8. The fraction of sp³-hybridized carbons (Fsp3) is 0.632. The van der Waals surface area contributed by atoms with E-state index >= 15 is 0 Å². The van der Waals surface area contributed by atoms with Crippen molar-refractivity contribution in [1.29, 1.82) is 0 Å². The number of para-hydroxylation sites is 1. The number of guanidine groups is 1. The van der Waals surface area contributed by atoms with Crippen molar-refractivity contribution in [3.05, 3.63) is 29.8 Å². The first-order valence-corrected chi connectivity index (χ1v) is 9.19. The third kappa shape index (κ3) is 7.75. The van der Waals surface area contributed by atoms with Gasteiger partial charge in [-0.15, -0.1) is 0 Å². The third-order valence-corrected chi connectivity index (χ3v) is 3.90. The molecule has 1 aliphatic rings. The average Bonchev–Trinajstić information content (AvgIpc) is 3.13. The smallest absolute Gasteiger partial charge is 0.191 e. The van der Waals surface area contributed by atoms with E-state index in [0.717, 1.165) is 63.0 Å². The fourth-order valence-corrected chi connectivity index (χ4v) is 2.54. The molecular weight excluding hydrogens is 318 g/mol. The second-order valence-corrected chi connectivity index (χ2v) is 6.01. The van der Waals surface area contributed by atoms with Gasteiger partial charge in [-0.3, -0.25) is 4.99 Å². The number of hydrogen-bond acceptors (Lipinski definition) is 4. The van der Waals surface area contributed by atoms with Gasteiger partial charge in [0.1, 0.15) is 12.4 Å². The van der Waals surface area contributed by atoms with Gasteiger partial charge in [-0.2, -0.15) is 0 Å². The quantitative estimate of drug-likeness (QED) is 0.385. The van der Waals surface area contributed by atoms with Gasteiger partial charge in [0.25, 0.3) is 0 Å². The molecule has 0 amide bonds. The van der Waals surface area contributed by atoms with Gasteiger partial charge in [0.05, 0.1) is 19.3 Å². The van der Waals surface area contributed by atoms with Gasteiger partial charge >= 0.3 is 0 Å². The summed E-state index contributed by atoms with van der Waals surface area (Å²) in [6.07, 6.45) is 2.19. The van der Waals surface area contributed by atoms with Crippen molar-refractivity contribution in [2.45, 2.75) is 32.8 Å². The van der Waals surface area contributed by atoms with Crippen LogP contribution < -0.4 is 15.4 Å². The van der Waals surface area contributed by atoms with Gasteiger partial charge in [-0.1, -0.05) is 18.2 Å². The third-order valence-electron chi connectivity index (χ3n) is 3.90. The molecule has 1 saturated heterocycles. The standard InChI is InChI=1S/C19H31N3O3/c1-3-20-19(21-10-6-12-24-17-9-13-23-15-17)22-11-14-25-18-8-5-4-7-16(18)2/h4-5,7-8,17H,3,6,9-15H2,1-2H3,(H2,20,21,22). The van der Waals surface area contributed by atoms with E-state index in [2.05, 4.69) is 22.5 Å². The lowest BCUT2D eigenvalue weighted by molar-refractivity contribution is 0.0424. The van der Waals surface area contributed by atoms with Crippen molar-refractivity contribution < 1.29 is 14.2 Å². The minimum atomic E-state index is 0.272. The topological polar surface area (TPSA) is 64.1 Å². The highest BCUT2D eigenvalue weighted by Crippen LogP contribution is 2.15. The Hall–Kier alpha value is -1.79. The second kappa shape index (κ2) is 11.7. The molecular formula is C19H31N3O3. The summed E-state index contributed by atoms with van der Waals surface area (Å²) in [6.45, 7) is 9.26. The Morgan fingerprint density at radius 3 is 2.92 bits per heavy atom. The lowest BCUT2D eigenvalue weighted by atomic mass is 10.2. The first-order chi connectivity index (χ1) is 12.3. The molecule has 6 heteroatoms. The molecule has 0 spiro atoms. The van der Waals surface area contributed by atoms with E-state index in [0.29, 0.717) is 13.2 Å². The average molecular weight is 349 g/mol. The molecule has 0 saturated carbocycles. The van der Waals surface area contributed by atoms with Gasteiger partial charge in [0.2, 0.25) is 0 Å².